The van der Waals surface area contributed by atoms with Gasteiger partial charge < -0.3 is 14.9 Å². The number of rotatable bonds is 5. The van der Waals surface area contributed by atoms with E-state index < -0.39 is 23.8 Å². The standard InChI is InChI=1S/C13H14F3N3O3/c1-9(20)12(21,6-19-8-17-7-18-19)10-2-4-11(5-3-10)22-13(14,15)16/h2-5,7-9,20-21H,6H2,1H3/t9-,12-/m1/s1. The van der Waals surface area contributed by atoms with Crippen LogP contribution in [0.15, 0.2) is 36.9 Å². The van der Waals surface area contributed by atoms with Crippen molar-refractivity contribution < 1.29 is 28.1 Å². The number of hydrogen-bond acceptors (Lipinski definition) is 5. The third kappa shape index (κ3) is 3.74. The Bertz CT molecular complexity index is 599. The lowest BCUT2D eigenvalue weighted by atomic mass is 9.89. The first kappa shape index (κ1) is 16.2. The summed E-state index contributed by atoms with van der Waals surface area (Å²) in [7, 11) is 0. The molecule has 0 aliphatic carbocycles. The Hall–Kier alpha value is -2.13. The second kappa shape index (κ2) is 5.93. The maximum atomic E-state index is 12.1. The van der Waals surface area contributed by atoms with Gasteiger partial charge in [0.2, 0.25) is 0 Å². The monoisotopic (exact) mass is 317 g/mol. The van der Waals surface area contributed by atoms with Crippen LogP contribution in [0.4, 0.5) is 13.2 Å². The van der Waals surface area contributed by atoms with E-state index in [1.807, 2.05) is 0 Å². The predicted octanol–water partition coefficient (Wildman–Crippen LogP) is 1.45. The van der Waals surface area contributed by atoms with E-state index in [-0.39, 0.29) is 12.1 Å². The number of aromatic nitrogens is 3. The zero-order valence-corrected chi connectivity index (χ0v) is 11.5. The van der Waals surface area contributed by atoms with Gasteiger partial charge in [0.05, 0.1) is 12.6 Å². The van der Waals surface area contributed by atoms with Gasteiger partial charge in [0.25, 0.3) is 0 Å². The number of nitrogens with zero attached hydrogens (tertiary/aromatic N) is 3. The minimum atomic E-state index is -4.79. The molecule has 0 bridgehead atoms. The van der Waals surface area contributed by atoms with Crippen LogP contribution < -0.4 is 4.74 Å². The molecule has 0 aliphatic rings. The van der Waals surface area contributed by atoms with Crippen LogP contribution >= 0.6 is 0 Å². The highest BCUT2D eigenvalue weighted by atomic mass is 19.4. The number of benzene rings is 1. The Labute approximate surface area is 123 Å². The molecule has 2 atom stereocenters. The van der Waals surface area contributed by atoms with Crippen LogP contribution in [-0.2, 0) is 12.1 Å². The molecule has 0 fully saturated rings. The zero-order valence-electron chi connectivity index (χ0n) is 11.5. The Balaban J connectivity index is 2.25. The second-order valence-corrected chi connectivity index (χ2v) is 4.77. The smallest absolute Gasteiger partial charge is 0.406 e. The van der Waals surface area contributed by atoms with Crippen molar-refractivity contribution in [1.82, 2.24) is 14.8 Å². The SMILES string of the molecule is C[C@@H](O)[C@](O)(Cn1cncn1)c1ccc(OC(F)(F)F)cc1. The number of aliphatic hydroxyl groups is 2. The topological polar surface area (TPSA) is 80.4 Å². The molecule has 2 rings (SSSR count). The molecular weight excluding hydrogens is 303 g/mol. The number of halogens is 3. The van der Waals surface area contributed by atoms with Gasteiger partial charge >= 0.3 is 6.36 Å². The molecule has 22 heavy (non-hydrogen) atoms. The summed E-state index contributed by atoms with van der Waals surface area (Å²) in [5, 5.41) is 24.3. The first-order valence-electron chi connectivity index (χ1n) is 6.30. The number of alkyl halides is 3. The first-order valence-corrected chi connectivity index (χ1v) is 6.30. The maximum absolute atomic E-state index is 12.1. The van der Waals surface area contributed by atoms with Gasteiger partial charge in [-0.3, -0.25) is 0 Å². The van der Waals surface area contributed by atoms with Gasteiger partial charge in [-0.1, -0.05) is 12.1 Å². The van der Waals surface area contributed by atoms with E-state index >= 15 is 0 Å². The van der Waals surface area contributed by atoms with Gasteiger partial charge in [-0.05, 0) is 24.6 Å². The summed E-state index contributed by atoms with van der Waals surface area (Å²) < 4.78 is 41.5. The molecule has 1 aromatic carbocycles. The van der Waals surface area contributed by atoms with E-state index in [9.17, 15) is 23.4 Å². The van der Waals surface area contributed by atoms with Crippen molar-refractivity contribution in [2.75, 3.05) is 0 Å². The van der Waals surface area contributed by atoms with Gasteiger partial charge in [0.15, 0.2) is 0 Å². The molecule has 2 N–H and O–H groups in total. The molecule has 9 heteroatoms. The highest BCUT2D eigenvalue weighted by Crippen LogP contribution is 2.30. The Morgan fingerprint density at radius 3 is 2.36 bits per heavy atom. The molecule has 120 valence electrons. The Morgan fingerprint density at radius 1 is 1.27 bits per heavy atom. The molecule has 0 spiro atoms. The van der Waals surface area contributed by atoms with Crippen LogP contribution in [-0.4, -0.2) is 37.4 Å². The van der Waals surface area contributed by atoms with Crippen molar-refractivity contribution in [3.8, 4) is 5.75 Å². The van der Waals surface area contributed by atoms with Crippen molar-refractivity contribution in [2.45, 2.75) is 31.5 Å². The lowest BCUT2D eigenvalue weighted by Crippen LogP contribution is -2.41. The average Bonchev–Trinajstić information content (AvgIpc) is 2.90. The summed E-state index contributed by atoms with van der Waals surface area (Å²) >= 11 is 0. The number of aliphatic hydroxyl groups excluding tert-OH is 1. The maximum Gasteiger partial charge on any atom is 0.573 e. The first-order chi connectivity index (χ1) is 10.2. The number of ether oxygens (including phenoxy) is 1. The van der Waals surface area contributed by atoms with Gasteiger partial charge in [0.1, 0.15) is 24.0 Å². The molecule has 0 saturated carbocycles. The average molecular weight is 317 g/mol. The van der Waals surface area contributed by atoms with E-state index in [0.717, 1.165) is 12.1 Å². The van der Waals surface area contributed by atoms with E-state index in [2.05, 4.69) is 14.8 Å². The molecule has 0 saturated heterocycles. The van der Waals surface area contributed by atoms with E-state index in [4.69, 9.17) is 0 Å². The summed E-state index contributed by atoms with van der Waals surface area (Å²) in [5.74, 6) is -0.412. The quantitative estimate of drug-likeness (QED) is 0.872. The molecule has 2 aromatic rings. The van der Waals surface area contributed by atoms with Gasteiger partial charge in [-0.2, -0.15) is 5.10 Å². The summed E-state index contributed by atoms with van der Waals surface area (Å²) in [6.45, 7) is 1.27. The zero-order chi connectivity index (χ0) is 16.4. The molecule has 0 unspecified atom stereocenters. The highest BCUT2D eigenvalue weighted by Gasteiger charge is 2.36. The van der Waals surface area contributed by atoms with Crippen molar-refractivity contribution in [3.05, 3.63) is 42.5 Å². The molecule has 1 aromatic heterocycles. The van der Waals surface area contributed by atoms with Gasteiger partial charge in [-0.15, -0.1) is 13.2 Å². The molecule has 0 aliphatic heterocycles. The van der Waals surface area contributed by atoms with Crippen LogP contribution in [0, 0.1) is 0 Å². The fourth-order valence-corrected chi connectivity index (χ4v) is 1.97. The van der Waals surface area contributed by atoms with E-state index in [1.54, 1.807) is 0 Å². The Morgan fingerprint density at radius 2 is 1.91 bits per heavy atom. The summed E-state index contributed by atoms with van der Waals surface area (Å²) in [5.41, 5.74) is -1.50. The van der Waals surface area contributed by atoms with Crippen LogP contribution in [0.2, 0.25) is 0 Å². The third-order valence-electron chi connectivity index (χ3n) is 3.15. The van der Waals surface area contributed by atoms with Crippen molar-refractivity contribution in [3.63, 3.8) is 0 Å². The van der Waals surface area contributed by atoms with Crippen LogP contribution in [0.25, 0.3) is 0 Å². The van der Waals surface area contributed by atoms with E-state index in [1.165, 1.54) is 36.4 Å². The summed E-state index contributed by atoms with van der Waals surface area (Å²) in [4.78, 5) is 3.73. The molecular formula is C13H14F3N3O3. The van der Waals surface area contributed by atoms with Crippen LogP contribution in [0.1, 0.15) is 12.5 Å². The second-order valence-electron chi connectivity index (χ2n) is 4.77. The van der Waals surface area contributed by atoms with Crippen molar-refractivity contribution in [1.29, 1.82) is 0 Å². The lowest BCUT2D eigenvalue weighted by molar-refractivity contribution is -0.274. The molecule has 0 radical (unpaired) electrons. The predicted molar refractivity (Wildman–Crippen MR) is 68.7 cm³/mol. The third-order valence-corrected chi connectivity index (χ3v) is 3.15. The summed E-state index contributed by atoms with van der Waals surface area (Å²) in [6.07, 6.45) is -3.36. The van der Waals surface area contributed by atoms with Crippen LogP contribution in [0.5, 0.6) is 5.75 Å². The molecule has 1 heterocycles. The minimum absolute atomic E-state index is 0.107. The fourth-order valence-electron chi connectivity index (χ4n) is 1.97. The van der Waals surface area contributed by atoms with Crippen molar-refractivity contribution in [2.24, 2.45) is 0 Å². The Kier molecular flexibility index (Phi) is 4.38. The minimum Gasteiger partial charge on any atom is -0.406 e. The van der Waals surface area contributed by atoms with Gasteiger partial charge in [0, 0.05) is 0 Å². The van der Waals surface area contributed by atoms with Crippen LogP contribution in [0.3, 0.4) is 0 Å². The fraction of sp³-hybridized carbons (Fsp3) is 0.385. The summed E-state index contributed by atoms with van der Waals surface area (Å²) in [6, 6.07) is 4.64. The lowest BCUT2D eigenvalue weighted by Gasteiger charge is -2.31. The molecule has 6 nitrogen and oxygen atoms in total. The normalized spacial score (nSPS) is 16.1. The largest absolute Gasteiger partial charge is 0.573 e. The van der Waals surface area contributed by atoms with E-state index in [0.29, 0.717) is 0 Å². The van der Waals surface area contributed by atoms with Crippen molar-refractivity contribution >= 4 is 0 Å². The van der Waals surface area contributed by atoms with Gasteiger partial charge in [-0.25, -0.2) is 9.67 Å². The number of hydrogen-bond donors (Lipinski definition) is 2. The highest BCUT2D eigenvalue weighted by molar-refractivity contribution is 5.31. The molecule has 0 amide bonds.